The number of para-hydroxylation sites is 2. The van der Waals surface area contributed by atoms with E-state index in [-0.39, 0.29) is 5.91 Å². The molecule has 1 aromatic heterocycles. The molecule has 106 valence electrons. The van der Waals surface area contributed by atoms with E-state index in [4.69, 9.17) is 0 Å². The number of nitrogens with zero attached hydrogens (tertiary/aromatic N) is 2. The standard InChI is InChI=1S/C14H18N4OS/c19-13(18-8-6-15-7-9-18)5-10-20-14-16-11-3-1-2-4-12(11)17-14/h1-4,15H,5-10H2,(H,16,17). The highest BCUT2D eigenvalue weighted by molar-refractivity contribution is 7.99. The summed E-state index contributed by atoms with van der Waals surface area (Å²) in [5, 5.41) is 4.14. The van der Waals surface area contributed by atoms with Crippen LogP contribution in [0.1, 0.15) is 6.42 Å². The average molecular weight is 290 g/mol. The number of aromatic amines is 1. The molecular formula is C14H18N4OS. The predicted molar refractivity (Wildman–Crippen MR) is 80.9 cm³/mol. The first-order chi connectivity index (χ1) is 9.83. The second-order valence-electron chi connectivity index (χ2n) is 4.79. The molecule has 1 fully saturated rings. The molecule has 0 unspecified atom stereocenters. The molecule has 6 heteroatoms. The minimum Gasteiger partial charge on any atom is -0.340 e. The highest BCUT2D eigenvalue weighted by Crippen LogP contribution is 2.19. The Kier molecular flexibility index (Phi) is 4.22. The number of carbonyl (C=O) groups excluding carboxylic acids is 1. The summed E-state index contributed by atoms with van der Waals surface area (Å²) in [6, 6.07) is 7.97. The monoisotopic (exact) mass is 290 g/mol. The number of amides is 1. The normalized spacial score (nSPS) is 15.7. The SMILES string of the molecule is O=C(CCSc1nc2ccccc2[nH]1)N1CCNCC1. The minimum absolute atomic E-state index is 0.245. The third kappa shape index (κ3) is 3.13. The molecule has 1 aliphatic rings. The Morgan fingerprint density at radius 1 is 1.30 bits per heavy atom. The second kappa shape index (κ2) is 6.28. The Bertz CT molecular complexity index is 559. The Morgan fingerprint density at radius 3 is 2.90 bits per heavy atom. The van der Waals surface area contributed by atoms with Crippen LogP contribution in [0.2, 0.25) is 0 Å². The lowest BCUT2D eigenvalue weighted by Gasteiger charge is -2.27. The van der Waals surface area contributed by atoms with E-state index >= 15 is 0 Å². The van der Waals surface area contributed by atoms with Gasteiger partial charge in [0.1, 0.15) is 0 Å². The summed E-state index contributed by atoms with van der Waals surface area (Å²) in [6.45, 7) is 3.47. The van der Waals surface area contributed by atoms with Crippen molar-refractivity contribution in [2.45, 2.75) is 11.6 Å². The zero-order valence-corrected chi connectivity index (χ0v) is 12.1. The zero-order valence-electron chi connectivity index (χ0n) is 11.3. The van der Waals surface area contributed by atoms with Crippen LogP contribution in [-0.4, -0.2) is 52.7 Å². The Morgan fingerprint density at radius 2 is 2.10 bits per heavy atom. The van der Waals surface area contributed by atoms with Crippen LogP contribution < -0.4 is 5.32 Å². The van der Waals surface area contributed by atoms with Gasteiger partial charge in [0.25, 0.3) is 0 Å². The number of rotatable bonds is 4. The van der Waals surface area contributed by atoms with Gasteiger partial charge < -0.3 is 15.2 Å². The summed E-state index contributed by atoms with van der Waals surface area (Å²) in [5.41, 5.74) is 2.02. The maximum atomic E-state index is 12.0. The number of imidazole rings is 1. The van der Waals surface area contributed by atoms with Crippen molar-refractivity contribution in [2.75, 3.05) is 31.9 Å². The van der Waals surface area contributed by atoms with Crippen LogP contribution in [0.3, 0.4) is 0 Å². The summed E-state index contributed by atoms with van der Waals surface area (Å²) < 4.78 is 0. The lowest BCUT2D eigenvalue weighted by Crippen LogP contribution is -2.46. The topological polar surface area (TPSA) is 61.0 Å². The third-order valence-electron chi connectivity index (χ3n) is 3.39. The number of fused-ring (bicyclic) bond motifs is 1. The number of carbonyl (C=O) groups is 1. The van der Waals surface area contributed by atoms with E-state index < -0.39 is 0 Å². The average Bonchev–Trinajstić information content (AvgIpc) is 2.90. The molecule has 0 atom stereocenters. The molecule has 0 saturated carbocycles. The van der Waals surface area contributed by atoms with Crippen LogP contribution in [0.25, 0.3) is 11.0 Å². The van der Waals surface area contributed by atoms with E-state index in [9.17, 15) is 4.79 Å². The smallest absolute Gasteiger partial charge is 0.223 e. The number of thioether (sulfide) groups is 1. The molecule has 1 aliphatic heterocycles. The van der Waals surface area contributed by atoms with Crippen molar-refractivity contribution >= 4 is 28.7 Å². The maximum absolute atomic E-state index is 12.0. The fraction of sp³-hybridized carbons (Fsp3) is 0.429. The summed E-state index contributed by atoms with van der Waals surface area (Å²) in [5.74, 6) is 1.01. The molecule has 0 bridgehead atoms. The minimum atomic E-state index is 0.245. The summed E-state index contributed by atoms with van der Waals surface area (Å²) in [7, 11) is 0. The lowest BCUT2D eigenvalue weighted by molar-refractivity contribution is -0.131. The quantitative estimate of drug-likeness (QED) is 0.837. The zero-order chi connectivity index (χ0) is 13.8. The van der Waals surface area contributed by atoms with Crippen molar-refractivity contribution in [2.24, 2.45) is 0 Å². The van der Waals surface area contributed by atoms with E-state index in [0.717, 1.165) is 48.1 Å². The maximum Gasteiger partial charge on any atom is 0.223 e. The Hall–Kier alpha value is -1.53. The van der Waals surface area contributed by atoms with E-state index in [1.54, 1.807) is 11.8 Å². The molecule has 5 nitrogen and oxygen atoms in total. The molecule has 0 spiro atoms. The Labute approximate surface area is 122 Å². The van der Waals surface area contributed by atoms with Crippen LogP contribution in [0.4, 0.5) is 0 Å². The lowest BCUT2D eigenvalue weighted by atomic mass is 10.3. The number of aromatic nitrogens is 2. The van der Waals surface area contributed by atoms with Crippen LogP contribution in [0.15, 0.2) is 29.4 Å². The Balaban J connectivity index is 1.50. The summed E-state index contributed by atoms with van der Waals surface area (Å²) in [6.07, 6.45) is 0.571. The van der Waals surface area contributed by atoms with Gasteiger partial charge in [-0.05, 0) is 12.1 Å². The van der Waals surface area contributed by atoms with Gasteiger partial charge in [0.05, 0.1) is 11.0 Å². The number of H-pyrrole nitrogens is 1. The van der Waals surface area contributed by atoms with Crippen molar-refractivity contribution in [3.8, 4) is 0 Å². The molecule has 1 aromatic carbocycles. The van der Waals surface area contributed by atoms with E-state index in [1.807, 2.05) is 29.2 Å². The van der Waals surface area contributed by atoms with Gasteiger partial charge in [0.15, 0.2) is 5.16 Å². The van der Waals surface area contributed by atoms with Gasteiger partial charge >= 0.3 is 0 Å². The van der Waals surface area contributed by atoms with Crippen LogP contribution in [0.5, 0.6) is 0 Å². The van der Waals surface area contributed by atoms with Gasteiger partial charge in [-0.1, -0.05) is 23.9 Å². The molecule has 2 heterocycles. The molecular weight excluding hydrogens is 272 g/mol. The van der Waals surface area contributed by atoms with Crippen molar-refractivity contribution in [1.29, 1.82) is 0 Å². The van der Waals surface area contributed by atoms with E-state index in [2.05, 4.69) is 15.3 Å². The fourth-order valence-electron chi connectivity index (χ4n) is 2.31. The first-order valence-electron chi connectivity index (χ1n) is 6.89. The second-order valence-corrected chi connectivity index (χ2v) is 5.87. The summed E-state index contributed by atoms with van der Waals surface area (Å²) >= 11 is 1.61. The molecule has 2 N–H and O–H groups in total. The number of benzene rings is 1. The van der Waals surface area contributed by atoms with Crippen molar-refractivity contribution in [3.63, 3.8) is 0 Å². The predicted octanol–water partition coefficient (Wildman–Crippen LogP) is 1.48. The van der Waals surface area contributed by atoms with Crippen LogP contribution >= 0.6 is 11.8 Å². The van der Waals surface area contributed by atoms with Gasteiger partial charge in [0.2, 0.25) is 5.91 Å². The van der Waals surface area contributed by atoms with E-state index in [0.29, 0.717) is 6.42 Å². The molecule has 2 aromatic rings. The van der Waals surface area contributed by atoms with Crippen LogP contribution in [0, 0.1) is 0 Å². The number of hydrogen-bond donors (Lipinski definition) is 2. The number of piperazine rings is 1. The first kappa shape index (κ1) is 13.5. The highest BCUT2D eigenvalue weighted by atomic mass is 32.2. The van der Waals surface area contributed by atoms with Crippen molar-refractivity contribution < 1.29 is 4.79 Å². The van der Waals surface area contributed by atoms with Gasteiger partial charge in [-0.25, -0.2) is 4.98 Å². The molecule has 0 aliphatic carbocycles. The number of hydrogen-bond acceptors (Lipinski definition) is 4. The van der Waals surface area contributed by atoms with Crippen LogP contribution in [-0.2, 0) is 4.79 Å². The van der Waals surface area contributed by atoms with Gasteiger partial charge in [-0.15, -0.1) is 0 Å². The third-order valence-corrected chi connectivity index (χ3v) is 4.27. The molecule has 1 saturated heterocycles. The molecule has 1 amide bonds. The molecule has 0 radical (unpaired) electrons. The first-order valence-corrected chi connectivity index (χ1v) is 7.87. The van der Waals surface area contributed by atoms with Gasteiger partial charge in [-0.3, -0.25) is 4.79 Å². The van der Waals surface area contributed by atoms with E-state index in [1.165, 1.54) is 0 Å². The van der Waals surface area contributed by atoms with Crippen molar-refractivity contribution in [1.82, 2.24) is 20.2 Å². The molecule has 20 heavy (non-hydrogen) atoms. The van der Waals surface area contributed by atoms with Gasteiger partial charge in [0, 0.05) is 38.4 Å². The largest absolute Gasteiger partial charge is 0.340 e. The highest BCUT2D eigenvalue weighted by Gasteiger charge is 2.15. The fourth-order valence-corrected chi connectivity index (χ4v) is 3.12. The number of nitrogens with one attached hydrogen (secondary N) is 2. The summed E-state index contributed by atoms with van der Waals surface area (Å²) in [4.78, 5) is 21.7. The molecule has 3 rings (SSSR count). The van der Waals surface area contributed by atoms with Crippen molar-refractivity contribution in [3.05, 3.63) is 24.3 Å². The van der Waals surface area contributed by atoms with Gasteiger partial charge in [-0.2, -0.15) is 0 Å².